The van der Waals surface area contributed by atoms with Gasteiger partial charge in [-0.3, -0.25) is 19.4 Å². The number of carbonyl (C=O) groups excluding carboxylic acids is 3. The number of benzene rings is 3. The molecule has 6 bridgehead atoms. The Balaban J connectivity index is 1.34. The Morgan fingerprint density at radius 2 is 1.76 bits per heavy atom. The number of rotatable bonds is 3. The lowest BCUT2D eigenvalue weighted by Crippen LogP contribution is -2.45. The molecule has 11 nitrogen and oxygen atoms in total. The third-order valence-corrected chi connectivity index (χ3v) is 8.04. The molecule has 0 unspecified atom stereocenters. The molecule has 11 heteroatoms. The first-order chi connectivity index (χ1) is 22.3. The van der Waals surface area contributed by atoms with Crippen LogP contribution in [-0.4, -0.2) is 80.7 Å². The molecule has 0 spiro atoms. The summed E-state index contributed by atoms with van der Waals surface area (Å²) in [4.78, 5) is 47.9. The molecule has 0 radical (unpaired) electrons. The van der Waals surface area contributed by atoms with Crippen molar-refractivity contribution in [1.82, 2.24) is 20.5 Å². The lowest BCUT2D eigenvalue weighted by atomic mass is 10.1. The van der Waals surface area contributed by atoms with E-state index in [4.69, 9.17) is 14.2 Å². The third kappa shape index (κ3) is 6.73. The minimum atomic E-state index is -0.559. The summed E-state index contributed by atoms with van der Waals surface area (Å²) in [5.74, 6) is 0.732. The quantitative estimate of drug-likeness (QED) is 0.357. The van der Waals surface area contributed by atoms with Crippen LogP contribution in [0.25, 0.3) is 11.1 Å². The van der Waals surface area contributed by atoms with Gasteiger partial charge in [0.25, 0.3) is 17.7 Å². The Kier molecular flexibility index (Phi) is 8.73. The number of hydrogen-bond acceptors (Lipinski definition) is 8. The highest BCUT2D eigenvalue weighted by atomic mass is 16.5. The van der Waals surface area contributed by atoms with E-state index in [1.165, 1.54) is 6.20 Å². The SMILES string of the molecule is COc1cc2ccc1CNC(=O)COc1cccc(c1)-c1cncc(c1)C(=O)N[C@H]1CN(C(=O)c3cccc(N(C)C)c3)C[C@@H]1O2. The molecule has 3 aliphatic rings. The Bertz CT molecular complexity index is 1780. The van der Waals surface area contributed by atoms with Crippen LogP contribution in [0.3, 0.4) is 0 Å². The highest BCUT2D eigenvalue weighted by molar-refractivity contribution is 5.97. The topological polar surface area (TPSA) is 122 Å². The van der Waals surface area contributed by atoms with Crippen LogP contribution in [0.15, 0.2) is 85.2 Å². The van der Waals surface area contributed by atoms with E-state index in [0.717, 1.165) is 16.8 Å². The monoisotopic (exact) mass is 621 g/mol. The fraction of sp³-hybridized carbons (Fsp3) is 0.257. The fourth-order valence-corrected chi connectivity index (χ4v) is 5.55. The van der Waals surface area contributed by atoms with E-state index in [2.05, 4.69) is 15.6 Å². The number of ether oxygens (including phenoxy) is 3. The Hall–Kier alpha value is -5.58. The number of hydrogen-bond donors (Lipinski definition) is 2. The number of carbonyl (C=O) groups is 3. The van der Waals surface area contributed by atoms with E-state index < -0.39 is 12.1 Å². The molecule has 3 amide bonds. The zero-order valence-corrected chi connectivity index (χ0v) is 25.9. The molecule has 1 saturated heterocycles. The van der Waals surface area contributed by atoms with E-state index in [0.29, 0.717) is 33.9 Å². The third-order valence-electron chi connectivity index (χ3n) is 8.04. The number of aromatic nitrogens is 1. The van der Waals surface area contributed by atoms with Crippen molar-refractivity contribution in [3.63, 3.8) is 0 Å². The van der Waals surface area contributed by atoms with Gasteiger partial charge in [-0.15, -0.1) is 0 Å². The lowest BCUT2D eigenvalue weighted by molar-refractivity contribution is -0.123. The second kappa shape index (κ2) is 13.2. The summed E-state index contributed by atoms with van der Waals surface area (Å²) in [5.41, 5.74) is 4.04. The van der Waals surface area contributed by atoms with Gasteiger partial charge in [-0.25, -0.2) is 0 Å². The fourth-order valence-electron chi connectivity index (χ4n) is 5.55. The lowest BCUT2D eigenvalue weighted by Gasteiger charge is -2.22. The van der Waals surface area contributed by atoms with Gasteiger partial charge >= 0.3 is 0 Å². The average Bonchev–Trinajstić information content (AvgIpc) is 3.47. The van der Waals surface area contributed by atoms with Gasteiger partial charge in [0.1, 0.15) is 23.4 Å². The van der Waals surface area contributed by atoms with Crippen LogP contribution >= 0.6 is 0 Å². The minimum Gasteiger partial charge on any atom is -0.496 e. The summed E-state index contributed by atoms with van der Waals surface area (Å²) in [5, 5.41) is 5.96. The van der Waals surface area contributed by atoms with Crippen LogP contribution in [0.1, 0.15) is 26.3 Å². The Morgan fingerprint density at radius 3 is 2.59 bits per heavy atom. The first-order valence-corrected chi connectivity index (χ1v) is 14.9. The molecule has 7 rings (SSSR count). The summed E-state index contributed by atoms with van der Waals surface area (Å²) in [7, 11) is 5.39. The molecule has 3 aromatic carbocycles. The highest BCUT2D eigenvalue weighted by Crippen LogP contribution is 2.29. The standard InChI is InChI=1S/C35H35N5O6/c1-39(2)27-8-4-7-23(13-27)35(43)40-19-30-32(20-40)46-29-11-10-24(31(15-29)44-3)18-37-33(41)21-45-28-9-5-6-22(14-28)25-12-26(17-36-16-25)34(42)38-30/h4-17,30,32H,18-21H2,1-3H3,(H,37,41)(H,38,42)/t30-,32-/m0/s1. The predicted octanol–water partition coefficient (Wildman–Crippen LogP) is 3.53. The van der Waals surface area contributed by atoms with E-state index in [9.17, 15) is 14.4 Å². The molecule has 0 aliphatic carbocycles. The first kappa shape index (κ1) is 30.4. The van der Waals surface area contributed by atoms with E-state index in [1.54, 1.807) is 54.6 Å². The number of fused-ring (bicyclic) bond motifs is 7. The molecule has 2 N–H and O–H groups in total. The summed E-state index contributed by atoms with van der Waals surface area (Å²) >= 11 is 0. The van der Waals surface area contributed by atoms with Gasteiger partial charge in [-0.2, -0.15) is 0 Å². The Morgan fingerprint density at radius 1 is 0.935 bits per heavy atom. The van der Waals surface area contributed by atoms with Gasteiger partial charge in [0, 0.05) is 68.0 Å². The summed E-state index contributed by atoms with van der Waals surface area (Å²) in [6, 6.07) is 21.2. The van der Waals surface area contributed by atoms with Crippen molar-refractivity contribution >= 4 is 23.4 Å². The molecule has 2 atom stereocenters. The largest absolute Gasteiger partial charge is 0.496 e. The van der Waals surface area contributed by atoms with E-state index in [1.807, 2.05) is 55.4 Å². The maximum atomic E-state index is 13.7. The summed E-state index contributed by atoms with van der Waals surface area (Å²) < 4.78 is 17.8. The number of amides is 3. The molecular formula is C35H35N5O6. The number of anilines is 1. The van der Waals surface area contributed by atoms with Crippen LogP contribution in [-0.2, 0) is 11.3 Å². The van der Waals surface area contributed by atoms with Crippen LogP contribution in [0.5, 0.6) is 17.2 Å². The zero-order chi connectivity index (χ0) is 32.2. The van der Waals surface area contributed by atoms with Crippen molar-refractivity contribution in [3.8, 4) is 28.4 Å². The van der Waals surface area contributed by atoms with Gasteiger partial charge in [0.2, 0.25) is 0 Å². The number of likely N-dealkylation sites (tertiary alicyclic amines) is 1. The average molecular weight is 622 g/mol. The van der Waals surface area contributed by atoms with Crippen molar-refractivity contribution in [1.29, 1.82) is 0 Å². The first-order valence-electron chi connectivity index (χ1n) is 14.9. The van der Waals surface area contributed by atoms with Crippen molar-refractivity contribution in [2.45, 2.75) is 18.7 Å². The number of methoxy groups -OCH3 is 1. The van der Waals surface area contributed by atoms with Gasteiger partial charge in [-0.05, 0) is 54.1 Å². The molecule has 3 aliphatic heterocycles. The van der Waals surface area contributed by atoms with Gasteiger partial charge in [-0.1, -0.05) is 18.2 Å². The van der Waals surface area contributed by atoms with Crippen molar-refractivity contribution < 1.29 is 28.6 Å². The van der Waals surface area contributed by atoms with Crippen LogP contribution in [0, 0.1) is 0 Å². The molecule has 236 valence electrons. The summed E-state index contributed by atoms with van der Waals surface area (Å²) in [6.07, 6.45) is 2.60. The predicted molar refractivity (Wildman–Crippen MR) is 172 cm³/mol. The Labute approximate surface area is 267 Å². The number of pyridine rings is 1. The van der Waals surface area contributed by atoms with Crippen molar-refractivity contribution in [2.75, 3.05) is 45.8 Å². The molecule has 4 heterocycles. The van der Waals surface area contributed by atoms with Crippen LogP contribution in [0.4, 0.5) is 5.69 Å². The second-order valence-corrected chi connectivity index (χ2v) is 11.4. The normalized spacial score (nSPS) is 17.9. The maximum absolute atomic E-state index is 13.7. The van der Waals surface area contributed by atoms with Crippen molar-refractivity contribution in [2.24, 2.45) is 0 Å². The van der Waals surface area contributed by atoms with Gasteiger partial charge in [0.05, 0.1) is 25.3 Å². The molecule has 1 fully saturated rings. The van der Waals surface area contributed by atoms with Crippen LogP contribution in [0.2, 0.25) is 0 Å². The van der Waals surface area contributed by atoms with Crippen LogP contribution < -0.4 is 29.7 Å². The smallest absolute Gasteiger partial charge is 0.258 e. The van der Waals surface area contributed by atoms with E-state index in [-0.39, 0.29) is 44.0 Å². The number of nitrogens with one attached hydrogen (secondary N) is 2. The second-order valence-electron chi connectivity index (χ2n) is 11.4. The summed E-state index contributed by atoms with van der Waals surface area (Å²) in [6.45, 7) is 0.544. The minimum absolute atomic E-state index is 0.158. The van der Waals surface area contributed by atoms with E-state index >= 15 is 0 Å². The van der Waals surface area contributed by atoms with Gasteiger partial charge < -0.3 is 34.6 Å². The maximum Gasteiger partial charge on any atom is 0.258 e. The zero-order valence-electron chi connectivity index (χ0n) is 25.9. The molecule has 1 aromatic heterocycles. The van der Waals surface area contributed by atoms with Gasteiger partial charge in [0.15, 0.2) is 6.61 Å². The molecule has 0 saturated carbocycles. The molecular weight excluding hydrogens is 586 g/mol. The van der Waals surface area contributed by atoms with Crippen molar-refractivity contribution in [3.05, 3.63) is 102 Å². The highest BCUT2D eigenvalue weighted by Gasteiger charge is 2.38. The molecule has 4 aromatic rings. The molecule has 46 heavy (non-hydrogen) atoms. The number of nitrogens with zero attached hydrogens (tertiary/aromatic N) is 3.